The number of amides is 1. The van der Waals surface area contributed by atoms with Crippen molar-refractivity contribution in [2.45, 2.75) is 0 Å². The first kappa shape index (κ1) is 28.6. The highest BCUT2D eigenvalue weighted by atomic mass is 16.5. The van der Waals surface area contributed by atoms with E-state index >= 15 is 0 Å². The lowest BCUT2D eigenvalue weighted by Gasteiger charge is -2.26. The van der Waals surface area contributed by atoms with Crippen LogP contribution < -0.4 is 20.3 Å². The van der Waals surface area contributed by atoms with Gasteiger partial charge >= 0.3 is 0 Å². The molecule has 4 aromatic rings. The molecule has 0 fully saturated rings. The van der Waals surface area contributed by atoms with Crippen molar-refractivity contribution in [2.75, 3.05) is 70.1 Å². The van der Waals surface area contributed by atoms with E-state index in [-0.39, 0.29) is 5.91 Å². The van der Waals surface area contributed by atoms with E-state index < -0.39 is 0 Å². The fraction of sp³-hybridized carbons (Fsp3) is 0.300. The minimum absolute atomic E-state index is 0.308. The molecule has 4 rings (SSSR count). The van der Waals surface area contributed by atoms with Crippen molar-refractivity contribution in [2.24, 2.45) is 7.05 Å². The van der Waals surface area contributed by atoms with Crippen molar-refractivity contribution in [1.82, 2.24) is 19.4 Å². The molecule has 210 valence electrons. The van der Waals surface area contributed by atoms with Crippen molar-refractivity contribution in [3.05, 3.63) is 67.5 Å². The second-order valence-corrected chi connectivity index (χ2v) is 9.54. The number of hydrogen-bond donors (Lipinski definition) is 2. The van der Waals surface area contributed by atoms with E-state index in [1.807, 2.05) is 51.5 Å². The third-order valence-corrected chi connectivity index (χ3v) is 6.74. The molecule has 40 heavy (non-hydrogen) atoms. The quantitative estimate of drug-likeness (QED) is 0.238. The van der Waals surface area contributed by atoms with Gasteiger partial charge in [0.25, 0.3) is 0 Å². The van der Waals surface area contributed by atoms with E-state index in [0.717, 1.165) is 47.5 Å². The predicted molar refractivity (Wildman–Crippen MR) is 162 cm³/mol. The van der Waals surface area contributed by atoms with Gasteiger partial charge in [-0.05, 0) is 31.3 Å². The Morgan fingerprint density at radius 2 is 1.90 bits per heavy atom. The molecule has 0 aliphatic carbocycles. The van der Waals surface area contributed by atoms with Crippen molar-refractivity contribution in [3.63, 3.8) is 0 Å². The maximum atomic E-state index is 12.3. The fourth-order valence-electron chi connectivity index (χ4n) is 4.47. The molecule has 1 amide bonds. The summed E-state index contributed by atoms with van der Waals surface area (Å²) in [6, 6.07) is 13.8. The molecule has 10 heteroatoms. The van der Waals surface area contributed by atoms with E-state index in [9.17, 15) is 4.79 Å². The Labute approximate surface area is 235 Å². The molecule has 0 radical (unpaired) electrons. The molecule has 0 saturated heterocycles. The lowest BCUT2D eigenvalue weighted by Crippen LogP contribution is -2.33. The van der Waals surface area contributed by atoms with Gasteiger partial charge < -0.3 is 34.5 Å². The number of benzene rings is 2. The van der Waals surface area contributed by atoms with Crippen molar-refractivity contribution in [1.29, 1.82) is 0 Å². The van der Waals surface area contributed by atoms with Gasteiger partial charge in [0.15, 0.2) is 0 Å². The molecule has 2 aromatic carbocycles. The molecule has 0 aliphatic rings. The van der Waals surface area contributed by atoms with Crippen LogP contribution in [-0.2, 0) is 16.6 Å². The minimum atomic E-state index is -0.308. The predicted octanol–water partition coefficient (Wildman–Crippen LogP) is 4.53. The van der Waals surface area contributed by atoms with Crippen molar-refractivity contribution >= 4 is 39.8 Å². The first-order chi connectivity index (χ1) is 19.3. The van der Waals surface area contributed by atoms with Gasteiger partial charge in [-0.25, -0.2) is 9.97 Å². The molecular weight excluding hydrogens is 506 g/mol. The summed E-state index contributed by atoms with van der Waals surface area (Å²) in [4.78, 5) is 25.8. The average molecular weight is 544 g/mol. The monoisotopic (exact) mass is 543 g/mol. The minimum Gasteiger partial charge on any atom is -0.494 e. The first-order valence-corrected chi connectivity index (χ1v) is 13.0. The molecule has 0 saturated carbocycles. The molecule has 0 spiro atoms. The normalized spacial score (nSPS) is 11.1. The molecule has 2 N–H and O–H groups in total. The number of ether oxygens (including phenoxy) is 2. The number of aromatic nitrogens is 3. The van der Waals surface area contributed by atoms with Crippen LogP contribution in [0.4, 0.5) is 23.0 Å². The summed E-state index contributed by atoms with van der Waals surface area (Å²) in [5.74, 6) is 0.688. The molecule has 2 aromatic heterocycles. The third kappa shape index (κ3) is 6.59. The van der Waals surface area contributed by atoms with Crippen LogP contribution in [0, 0.1) is 0 Å². The van der Waals surface area contributed by atoms with Crippen LogP contribution in [0.1, 0.15) is 0 Å². The summed E-state index contributed by atoms with van der Waals surface area (Å²) in [6.07, 6.45) is 5.04. The molecule has 0 aliphatic heterocycles. The van der Waals surface area contributed by atoms with Crippen LogP contribution >= 0.6 is 0 Å². The van der Waals surface area contributed by atoms with E-state index in [1.165, 1.54) is 6.08 Å². The van der Waals surface area contributed by atoms with Gasteiger partial charge in [0.2, 0.25) is 11.9 Å². The number of aryl methyl sites for hydroxylation is 1. The molecule has 10 nitrogen and oxygen atoms in total. The molecule has 0 unspecified atom stereocenters. The summed E-state index contributed by atoms with van der Waals surface area (Å²) < 4.78 is 13.0. The Morgan fingerprint density at radius 3 is 2.65 bits per heavy atom. The highest BCUT2D eigenvalue weighted by Gasteiger charge is 2.17. The summed E-state index contributed by atoms with van der Waals surface area (Å²) in [5.41, 5.74) is 4.97. The van der Waals surface area contributed by atoms with E-state index in [1.54, 1.807) is 20.4 Å². The zero-order valence-corrected chi connectivity index (χ0v) is 23.8. The second kappa shape index (κ2) is 13.1. The summed E-state index contributed by atoms with van der Waals surface area (Å²) in [6.45, 7) is 6.63. The standard InChI is InChI=1S/C30H37N7O3/c1-7-29(38)32-24-18-25(28(40-6)19-27(24)36(3)15-14-35(2)16-17-39-5)34-30-31-13-12-23(33-30)22-20-37(4)26-11-9-8-10-21(22)26/h7-13,18-20H,1,14-17H2,2-6H3,(H,32,38)(H,31,33,34). The number of rotatable bonds is 13. The number of likely N-dealkylation sites (N-methyl/N-ethyl adjacent to an activating group) is 2. The first-order valence-electron chi connectivity index (χ1n) is 13.0. The smallest absolute Gasteiger partial charge is 0.247 e. The number of nitrogens with zero attached hydrogens (tertiary/aromatic N) is 5. The zero-order valence-electron chi connectivity index (χ0n) is 23.8. The third-order valence-electron chi connectivity index (χ3n) is 6.74. The summed E-state index contributed by atoms with van der Waals surface area (Å²) in [5, 5.41) is 7.33. The maximum Gasteiger partial charge on any atom is 0.247 e. The van der Waals surface area contributed by atoms with Gasteiger partial charge in [-0.2, -0.15) is 0 Å². The van der Waals surface area contributed by atoms with Crippen LogP contribution in [0.3, 0.4) is 0 Å². The van der Waals surface area contributed by atoms with Crippen molar-refractivity contribution < 1.29 is 14.3 Å². The molecule has 2 heterocycles. The number of methoxy groups -OCH3 is 2. The van der Waals surface area contributed by atoms with E-state index in [0.29, 0.717) is 29.7 Å². The molecular formula is C30H37N7O3. The van der Waals surface area contributed by atoms with Gasteiger partial charge in [0, 0.05) is 75.8 Å². The van der Waals surface area contributed by atoms with Crippen LogP contribution in [-0.4, -0.2) is 79.9 Å². The van der Waals surface area contributed by atoms with Gasteiger partial charge in [-0.1, -0.05) is 24.8 Å². The Morgan fingerprint density at radius 1 is 1.10 bits per heavy atom. The molecule has 0 atom stereocenters. The topological polar surface area (TPSA) is 96.8 Å². The SMILES string of the molecule is C=CC(=O)Nc1cc(Nc2nccc(-c3cn(C)c4ccccc34)n2)c(OC)cc1N(C)CCN(C)CCOC. The van der Waals surface area contributed by atoms with Crippen LogP contribution in [0.15, 0.2) is 67.5 Å². The van der Waals surface area contributed by atoms with Crippen molar-refractivity contribution in [3.8, 4) is 17.0 Å². The Balaban J connectivity index is 1.64. The number of fused-ring (bicyclic) bond motifs is 1. The number of anilines is 4. The molecule has 0 bridgehead atoms. The number of para-hydroxylation sites is 1. The number of hydrogen-bond acceptors (Lipinski definition) is 8. The summed E-state index contributed by atoms with van der Waals surface area (Å²) in [7, 11) is 9.35. The fourth-order valence-corrected chi connectivity index (χ4v) is 4.47. The lowest BCUT2D eigenvalue weighted by molar-refractivity contribution is -0.111. The highest BCUT2D eigenvalue weighted by Crippen LogP contribution is 2.38. The van der Waals surface area contributed by atoms with E-state index in [4.69, 9.17) is 14.5 Å². The van der Waals surface area contributed by atoms with Gasteiger partial charge in [-0.3, -0.25) is 4.79 Å². The van der Waals surface area contributed by atoms with Crippen LogP contribution in [0.5, 0.6) is 5.75 Å². The van der Waals surface area contributed by atoms with Gasteiger partial charge in [0.1, 0.15) is 5.75 Å². The number of nitrogens with one attached hydrogen (secondary N) is 2. The number of carbonyl (C=O) groups is 1. The Hall–Kier alpha value is -4.41. The Bertz CT molecular complexity index is 1480. The van der Waals surface area contributed by atoms with Gasteiger partial charge in [0.05, 0.1) is 36.5 Å². The lowest BCUT2D eigenvalue weighted by atomic mass is 10.1. The van der Waals surface area contributed by atoms with Crippen LogP contribution in [0.25, 0.3) is 22.2 Å². The number of carbonyl (C=O) groups excluding carboxylic acids is 1. The van der Waals surface area contributed by atoms with E-state index in [2.05, 4.69) is 54.9 Å². The van der Waals surface area contributed by atoms with Crippen LogP contribution in [0.2, 0.25) is 0 Å². The largest absolute Gasteiger partial charge is 0.494 e. The maximum absolute atomic E-state index is 12.3. The van der Waals surface area contributed by atoms with Gasteiger partial charge in [-0.15, -0.1) is 0 Å². The zero-order chi connectivity index (χ0) is 28.6. The second-order valence-electron chi connectivity index (χ2n) is 9.54. The summed E-state index contributed by atoms with van der Waals surface area (Å²) >= 11 is 0. The average Bonchev–Trinajstić information content (AvgIpc) is 3.31. The highest BCUT2D eigenvalue weighted by molar-refractivity contribution is 6.02. The Kier molecular flexibility index (Phi) is 9.36.